The summed E-state index contributed by atoms with van der Waals surface area (Å²) in [7, 11) is 0. The molecule has 122 valence electrons. The SMILES string of the molecule is CCC1CCC(C2CCC(OC(=O)C(C)(F)F)CC2)CC1. The van der Waals surface area contributed by atoms with Crippen molar-refractivity contribution < 1.29 is 18.3 Å². The smallest absolute Gasteiger partial charge is 0.376 e. The van der Waals surface area contributed by atoms with Crippen LogP contribution in [0, 0.1) is 17.8 Å². The molecule has 0 unspecified atom stereocenters. The fourth-order valence-corrected chi connectivity index (χ4v) is 4.00. The second-order valence-corrected chi connectivity index (χ2v) is 7.02. The summed E-state index contributed by atoms with van der Waals surface area (Å²) in [6.45, 7) is 2.88. The van der Waals surface area contributed by atoms with E-state index in [4.69, 9.17) is 4.74 Å². The molecule has 2 aliphatic rings. The molecule has 0 radical (unpaired) electrons. The highest BCUT2D eigenvalue weighted by Crippen LogP contribution is 2.41. The summed E-state index contributed by atoms with van der Waals surface area (Å²) in [5.74, 6) is -2.31. The predicted octanol–water partition coefficient (Wildman–Crippen LogP) is 4.96. The Bertz CT molecular complexity index is 335. The molecule has 2 nitrogen and oxygen atoms in total. The number of carbonyl (C=O) groups excluding carboxylic acids is 1. The number of hydrogen-bond donors (Lipinski definition) is 0. The number of carbonyl (C=O) groups is 1. The summed E-state index contributed by atoms with van der Waals surface area (Å²) in [6.07, 6.45) is 9.87. The molecule has 0 spiro atoms. The van der Waals surface area contributed by atoms with Crippen molar-refractivity contribution in [2.24, 2.45) is 17.8 Å². The molecule has 0 aromatic heterocycles. The van der Waals surface area contributed by atoms with Crippen molar-refractivity contribution in [3.05, 3.63) is 0 Å². The molecule has 2 fully saturated rings. The van der Waals surface area contributed by atoms with Gasteiger partial charge in [0.1, 0.15) is 6.10 Å². The number of esters is 1. The number of rotatable bonds is 4. The molecule has 2 aliphatic carbocycles. The maximum absolute atomic E-state index is 12.8. The van der Waals surface area contributed by atoms with Crippen molar-refractivity contribution in [2.75, 3.05) is 0 Å². The van der Waals surface area contributed by atoms with E-state index in [9.17, 15) is 13.6 Å². The molecule has 2 saturated carbocycles. The highest BCUT2D eigenvalue weighted by Gasteiger charge is 2.38. The topological polar surface area (TPSA) is 26.3 Å². The highest BCUT2D eigenvalue weighted by molar-refractivity contribution is 5.77. The van der Waals surface area contributed by atoms with Gasteiger partial charge in [0.2, 0.25) is 0 Å². The minimum atomic E-state index is -3.37. The van der Waals surface area contributed by atoms with E-state index < -0.39 is 11.9 Å². The maximum atomic E-state index is 12.8. The van der Waals surface area contributed by atoms with Gasteiger partial charge in [-0.2, -0.15) is 8.78 Å². The summed E-state index contributed by atoms with van der Waals surface area (Å²) in [6, 6.07) is 0. The number of halogens is 2. The Hall–Kier alpha value is -0.670. The zero-order valence-corrected chi connectivity index (χ0v) is 13.2. The van der Waals surface area contributed by atoms with Crippen LogP contribution in [0.4, 0.5) is 8.78 Å². The van der Waals surface area contributed by atoms with Crippen LogP contribution in [0.5, 0.6) is 0 Å². The van der Waals surface area contributed by atoms with Crippen LogP contribution in [0.1, 0.15) is 71.6 Å². The molecule has 0 bridgehead atoms. The first kappa shape index (κ1) is 16.7. The molecular weight excluding hydrogens is 274 g/mol. The highest BCUT2D eigenvalue weighted by atomic mass is 19.3. The van der Waals surface area contributed by atoms with Crippen molar-refractivity contribution >= 4 is 5.97 Å². The lowest BCUT2D eigenvalue weighted by atomic mass is 9.70. The quantitative estimate of drug-likeness (QED) is 0.686. The average Bonchev–Trinajstić information content (AvgIpc) is 2.47. The molecule has 0 saturated heterocycles. The van der Waals surface area contributed by atoms with Gasteiger partial charge < -0.3 is 4.74 Å². The van der Waals surface area contributed by atoms with Crippen LogP contribution in [0.3, 0.4) is 0 Å². The van der Waals surface area contributed by atoms with Gasteiger partial charge >= 0.3 is 11.9 Å². The van der Waals surface area contributed by atoms with E-state index in [2.05, 4.69) is 6.92 Å². The minimum absolute atomic E-state index is 0.299. The van der Waals surface area contributed by atoms with Gasteiger partial charge in [0, 0.05) is 6.92 Å². The predicted molar refractivity (Wildman–Crippen MR) is 78.2 cm³/mol. The number of hydrogen-bond acceptors (Lipinski definition) is 2. The van der Waals surface area contributed by atoms with Crippen molar-refractivity contribution in [3.63, 3.8) is 0 Å². The lowest BCUT2D eigenvalue weighted by Gasteiger charge is -2.37. The van der Waals surface area contributed by atoms with Crippen LogP contribution in [-0.2, 0) is 9.53 Å². The Kier molecular flexibility index (Phi) is 5.61. The first-order valence-corrected chi connectivity index (χ1v) is 8.49. The maximum Gasteiger partial charge on any atom is 0.376 e. The lowest BCUT2D eigenvalue weighted by molar-refractivity contribution is -0.177. The van der Waals surface area contributed by atoms with Crippen molar-refractivity contribution in [1.82, 2.24) is 0 Å². The van der Waals surface area contributed by atoms with E-state index in [0.29, 0.717) is 12.8 Å². The van der Waals surface area contributed by atoms with Crippen molar-refractivity contribution in [3.8, 4) is 0 Å². The van der Waals surface area contributed by atoms with Crippen LogP contribution in [0.15, 0.2) is 0 Å². The molecule has 0 amide bonds. The molecule has 0 atom stereocenters. The molecular formula is C17H28F2O2. The van der Waals surface area contributed by atoms with E-state index in [0.717, 1.165) is 37.5 Å². The van der Waals surface area contributed by atoms with Gasteiger partial charge in [0.05, 0.1) is 0 Å². The second-order valence-electron chi connectivity index (χ2n) is 7.02. The van der Waals surface area contributed by atoms with Gasteiger partial charge in [-0.1, -0.05) is 26.2 Å². The standard InChI is InChI=1S/C17H28F2O2/c1-3-12-4-6-13(7-5-12)14-8-10-15(11-9-14)21-16(20)17(2,18)19/h12-15H,3-11H2,1-2H3. The summed E-state index contributed by atoms with van der Waals surface area (Å²) in [4.78, 5) is 11.2. The fraction of sp³-hybridized carbons (Fsp3) is 0.941. The van der Waals surface area contributed by atoms with Gasteiger partial charge in [0.25, 0.3) is 0 Å². The molecule has 4 heteroatoms. The van der Waals surface area contributed by atoms with E-state index in [1.165, 1.54) is 32.1 Å². The first-order valence-electron chi connectivity index (χ1n) is 8.49. The summed E-state index contributed by atoms with van der Waals surface area (Å²) in [5.41, 5.74) is 0. The van der Waals surface area contributed by atoms with E-state index in [1.807, 2.05) is 0 Å². The van der Waals surface area contributed by atoms with Gasteiger partial charge in [-0.3, -0.25) is 0 Å². The number of alkyl halides is 2. The van der Waals surface area contributed by atoms with Crippen LogP contribution in [0.2, 0.25) is 0 Å². The number of ether oxygens (including phenoxy) is 1. The molecule has 0 heterocycles. The second kappa shape index (κ2) is 7.06. The monoisotopic (exact) mass is 302 g/mol. The zero-order chi connectivity index (χ0) is 15.5. The largest absolute Gasteiger partial charge is 0.458 e. The van der Waals surface area contributed by atoms with Crippen molar-refractivity contribution in [1.29, 1.82) is 0 Å². The normalized spacial score (nSPS) is 34.5. The molecule has 2 rings (SSSR count). The van der Waals surface area contributed by atoms with Crippen LogP contribution in [0.25, 0.3) is 0 Å². The van der Waals surface area contributed by atoms with Gasteiger partial charge in [-0.25, -0.2) is 4.79 Å². The van der Waals surface area contributed by atoms with Gasteiger partial charge in [-0.15, -0.1) is 0 Å². The molecule has 0 aliphatic heterocycles. The minimum Gasteiger partial charge on any atom is -0.458 e. The third-order valence-electron chi connectivity index (χ3n) is 5.49. The Morgan fingerprint density at radius 3 is 1.90 bits per heavy atom. The zero-order valence-electron chi connectivity index (χ0n) is 13.2. The van der Waals surface area contributed by atoms with Crippen molar-refractivity contribution in [2.45, 2.75) is 83.7 Å². The van der Waals surface area contributed by atoms with Gasteiger partial charge in [0.15, 0.2) is 0 Å². The average molecular weight is 302 g/mol. The van der Waals surface area contributed by atoms with Crippen LogP contribution in [-0.4, -0.2) is 18.0 Å². The molecule has 0 N–H and O–H groups in total. The summed E-state index contributed by atoms with van der Waals surface area (Å²) >= 11 is 0. The first-order chi connectivity index (χ1) is 9.90. The Morgan fingerprint density at radius 2 is 1.48 bits per heavy atom. The lowest BCUT2D eigenvalue weighted by Crippen LogP contribution is -2.34. The van der Waals surface area contributed by atoms with E-state index >= 15 is 0 Å². The molecule has 0 aromatic rings. The summed E-state index contributed by atoms with van der Waals surface area (Å²) in [5, 5.41) is 0. The summed E-state index contributed by atoms with van der Waals surface area (Å²) < 4.78 is 30.6. The third-order valence-corrected chi connectivity index (χ3v) is 5.49. The Morgan fingerprint density at radius 1 is 1.00 bits per heavy atom. The molecule has 0 aromatic carbocycles. The van der Waals surface area contributed by atoms with Crippen LogP contribution < -0.4 is 0 Å². The van der Waals surface area contributed by atoms with Gasteiger partial charge in [-0.05, 0) is 56.3 Å². The fourth-order valence-electron chi connectivity index (χ4n) is 4.00. The third kappa shape index (κ3) is 4.65. The Labute approximate surface area is 126 Å². The Balaban J connectivity index is 1.72. The van der Waals surface area contributed by atoms with E-state index in [-0.39, 0.29) is 6.10 Å². The van der Waals surface area contributed by atoms with Crippen LogP contribution >= 0.6 is 0 Å². The van der Waals surface area contributed by atoms with E-state index in [1.54, 1.807) is 0 Å². The molecule has 21 heavy (non-hydrogen) atoms.